The average Bonchev–Trinajstić information content (AvgIpc) is 2.14. The number of fused-ring (bicyclic) bond motifs is 1. The Morgan fingerprint density at radius 2 is 2.20 bits per heavy atom. The number of nitrogens with one attached hydrogen (secondary N) is 1. The van der Waals surface area contributed by atoms with Crippen molar-refractivity contribution in [1.82, 2.24) is 0 Å². The predicted octanol–water partition coefficient (Wildman–Crippen LogP) is 2.96. The lowest BCUT2D eigenvalue weighted by Crippen LogP contribution is -2.47. The summed E-state index contributed by atoms with van der Waals surface area (Å²) in [5.41, 5.74) is 2.18. The molecule has 2 aliphatic rings. The summed E-state index contributed by atoms with van der Waals surface area (Å²) in [4.78, 5) is 13.2. The minimum atomic E-state index is -0.137. The molecule has 1 saturated carbocycles. The van der Waals surface area contributed by atoms with Gasteiger partial charge in [-0.15, -0.1) is 11.8 Å². The number of carbonyl (C=O) groups is 1. The van der Waals surface area contributed by atoms with E-state index >= 15 is 0 Å². The molecule has 0 aromatic heterocycles. The molecule has 1 aromatic rings. The van der Waals surface area contributed by atoms with Gasteiger partial charge in [0.2, 0.25) is 5.91 Å². The molecule has 1 spiro atoms. The van der Waals surface area contributed by atoms with Crippen LogP contribution in [0, 0.1) is 6.92 Å². The topological polar surface area (TPSA) is 29.1 Å². The monoisotopic (exact) mass is 219 g/mol. The van der Waals surface area contributed by atoms with Gasteiger partial charge in [-0.05, 0) is 43.9 Å². The zero-order valence-electron chi connectivity index (χ0n) is 8.67. The van der Waals surface area contributed by atoms with Gasteiger partial charge in [0.25, 0.3) is 0 Å². The molecule has 78 valence electrons. The number of carbonyl (C=O) groups excluding carboxylic acids is 1. The number of rotatable bonds is 0. The molecule has 0 saturated heterocycles. The Kier molecular flexibility index (Phi) is 1.87. The van der Waals surface area contributed by atoms with Crippen LogP contribution in [0.5, 0.6) is 0 Å². The van der Waals surface area contributed by atoms with Crippen LogP contribution in [0.1, 0.15) is 24.8 Å². The molecule has 3 heteroatoms. The lowest BCUT2D eigenvalue weighted by molar-refractivity contribution is -0.120. The molecular weight excluding hydrogens is 206 g/mol. The Morgan fingerprint density at radius 1 is 1.40 bits per heavy atom. The molecule has 3 rings (SSSR count). The molecule has 1 amide bonds. The SMILES string of the molecule is Cc1ccc2c(c1)NC(=O)C1(CCC1)S2. The van der Waals surface area contributed by atoms with E-state index in [-0.39, 0.29) is 10.7 Å². The fraction of sp³-hybridized carbons (Fsp3) is 0.417. The van der Waals surface area contributed by atoms with E-state index in [4.69, 9.17) is 0 Å². The highest BCUT2D eigenvalue weighted by molar-refractivity contribution is 8.01. The maximum absolute atomic E-state index is 11.9. The Morgan fingerprint density at radius 3 is 2.87 bits per heavy atom. The van der Waals surface area contributed by atoms with Crippen LogP contribution < -0.4 is 5.32 Å². The molecule has 0 bridgehead atoms. The summed E-state index contributed by atoms with van der Waals surface area (Å²) in [5, 5.41) is 3.03. The average molecular weight is 219 g/mol. The lowest BCUT2D eigenvalue weighted by Gasteiger charge is -2.42. The summed E-state index contributed by atoms with van der Waals surface area (Å²) in [6, 6.07) is 6.27. The molecule has 1 aliphatic heterocycles. The Labute approximate surface area is 93.4 Å². The Balaban J connectivity index is 2.02. The first-order valence-corrected chi connectivity index (χ1v) is 6.12. The first kappa shape index (κ1) is 9.28. The van der Waals surface area contributed by atoms with Gasteiger partial charge in [-0.25, -0.2) is 0 Å². The van der Waals surface area contributed by atoms with Gasteiger partial charge in [-0.3, -0.25) is 4.79 Å². The van der Waals surface area contributed by atoms with Crippen LogP contribution in [0.25, 0.3) is 0 Å². The third-order valence-corrected chi connectivity index (χ3v) is 4.82. The molecule has 2 nitrogen and oxygen atoms in total. The van der Waals surface area contributed by atoms with Crippen LogP contribution in [0.2, 0.25) is 0 Å². The number of hydrogen-bond acceptors (Lipinski definition) is 2. The van der Waals surface area contributed by atoms with Crippen molar-refractivity contribution in [2.24, 2.45) is 0 Å². The molecule has 0 radical (unpaired) electrons. The molecule has 1 heterocycles. The second kappa shape index (κ2) is 3.01. The van der Waals surface area contributed by atoms with E-state index in [1.165, 1.54) is 16.9 Å². The van der Waals surface area contributed by atoms with Crippen LogP contribution in [0.3, 0.4) is 0 Å². The van der Waals surface area contributed by atoms with Crippen molar-refractivity contribution < 1.29 is 4.79 Å². The van der Waals surface area contributed by atoms with Crippen molar-refractivity contribution in [2.75, 3.05) is 5.32 Å². The summed E-state index contributed by atoms with van der Waals surface area (Å²) in [7, 11) is 0. The van der Waals surface area contributed by atoms with Crippen molar-refractivity contribution in [3.05, 3.63) is 23.8 Å². The van der Waals surface area contributed by atoms with Crippen molar-refractivity contribution >= 4 is 23.4 Å². The molecule has 0 unspecified atom stereocenters. The van der Waals surface area contributed by atoms with Gasteiger partial charge < -0.3 is 5.32 Å². The maximum atomic E-state index is 11.9. The van der Waals surface area contributed by atoms with Crippen LogP contribution in [-0.2, 0) is 4.79 Å². The number of amides is 1. The van der Waals surface area contributed by atoms with E-state index in [2.05, 4.69) is 17.4 Å². The Hall–Kier alpha value is -0.960. The quantitative estimate of drug-likeness (QED) is 0.727. The molecule has 1 aliphatic carbocycles. The minimum absolute atomic E-state index is 0.137. The zero-order valence-corrected chi connectivity index (χ0v) is 9.49. The lowest BCUT2D eigenvalue weighted by atomic mass is 9.83. The summed E-state index contributed by atoms with van der Waals surface area (Å²) in [6.45, 7) is 2.05. The number of hydrogen-bond donors (Lipinski definition) is 1. The Bertz CT molecular complexity index is 437. The van der Waals surface area contributed by atoms with Crippen molar-refractivity contribution in [2.45, 2.75) is 35.8 Å². The van der Waals surface area contributed by atoms with E-state index in [1.807, 2.05) is 13.0 Å². The van der Waals surface area contributed by atoms with Gasteiger partial charge in [0.15, 0.2) is 0 Å². The second-order valence-corrected chi connectivity index (χ2v) is 5.83. The summed E-state index contributed by atoms with van der Waals surface area (Å²) < 4.78 is -0.137. The molecule has 0 atom stereocenters. The van der Waals surface area contributed by atoms with Crippen molar-refractivity contribution in [1.29, 1.82) is 0 Å². The second-order valence-electron chi connectivity index (χ2n) is 4.40. The molecule has 1 N–H and O–H groups in total. The van der Waals surface area contributed by atoms with E-state index in [1.54, 1.807) is 11.8 Å². The molecule has 1 fully saturated rings. The summed E-state index contributed by atoms with van der Waals surface area (Å²) >= 11 is 1.75. The third-order valence-electron chi connectivity index (χ3n) is 3.26. The largest absolute Gasteiger partial charge is 0.324 e. The van der Waals surface area contributed by atoms with Crippen LogP contribution in [-0.4, -0.2) is 10.7 Å². The first-order valence-electron chi connectivity index (χ1n) is 5.31. The van der Waals surface area contributed by atoms with E-state index < -0.39 is 0 Å². The predicted molar refractivity (Wildman–Crippen MR) is 62.2 cm³/mol. The van der Waals surface area contributed by atoms with Gasteiger partial charge in [0.05, 0.1) is 10.4 Å². The van der Waals surface area contributed by atoms with Crippen LogP contribution >= 0.6 is 11.8 Å². The van der Waals surface area contributed by atoms with Crippen molar-refractivity contribution in [3.63, 3.8) is 0 Å². The van der Waals surface area contributed by atoms with E-state index in [9.17, 15) is 4.79 Å². The van der Waals surface area contributed by atoms with Crippen LogP contribution in [0.15, 0.2) is 23.1 Å². The van der Waals surface area contributed by atoms with E-state index in [0.717, 1.165) is 18.5 Å². The van der Waals surface area contributed by atoms with Crippen LogP contribution in [0.4, 0.5) is 5.69 Å². The fourth-order valence-electron chi connectivity index (χ4n) is 2.15. The third kappa shape index (κ3) is 1.29. The molecule has 1 aromatic carbocycles. The molecular formula is C12H13NOS. The minimum Gasteiger partial charge on any atom is -0.324 e. The number of aryl methyl sites for hydroxylation is 1. The first-order chi connectivity index (χ1) is 7.20. The highest BCUT2D eigenvalue weighted by atomic mass is 32.2. The van der Waals surface area contributed by atoms with E-state index in [0.29, 0.717) is 0 Å². The highest BCUT2D eigenvalue weighted by Gasteiger charge is 2.47. The van der Waals surface area contributed by atoms with Gasteiger partial charge in [0.1, 0.15) is 0 Å². The number of benzene rings is 1. The van der Waals surface area contributed by atoms with Gasteiger partial charge in [-0.2, -0.15) is 0 Å². The normalized spacial score (nSPS) is 21.8. The standard InChI is InChI=1S/C12H13NOS/c1-8-3-4-10-9(7-8)13-11(14)12(15-10)5-2-6-12/h3-4,7H,2,5-6H2,1H3,(H,13,14). The van der Waals surface area contributed by atoms with Gasteiger partial charge in [-0.1, -0.05) is 6.07 Å². The highest BCUT2D eigenvalue weighted by Crippen LogP contribution is 2.52. The zero-order chi connectivity index (χ0) is 10.5. The van der Waals surface area contributed by atoms with Crippen molar-refractivity contribution in [3.8, 4) is 0 Å². The fourth-order valence-corrected chi connectivity index (χ4v) is 3.56. The van der Waals surface area contributed by atoms with Gasteiger partial charge >= 0.3 is 0 Å². The summed E-state index contributed by atoms with van der Waals surface area (Å²) in [6.07, 6.45) is 3.23. The maximum Gasteiger partial charge on any atom is 0.241 e. The molecule has 15 heavy (non-hydrogen) atoms. The smallest absolute Gasteiger partial charge is 0.241 e. The van der Waals surface area contributed by atoms with Gasteiger partial charge in [0, 0.05) is 4.90 Å². The number of thioether (sulfide) groups is 1. The number of anilines is 1. The summed E-state index contributed by atoms with van der Waals surface area (Å²) in [5.74, 6) is 0.205.